The van der Waals surface area contributed by atoms with Gasteiger partial charge in [0.2, 0.25) is 11.8 Å². The Balaban J connectivity index is 1.86. The molecule has 0 aliphatic carbocycles. The molecule has 0 N–H and O–H groups in total. The second-order valence-corrected chi connectivity index (χ2v) is 4.33. The number of hydrogen-bond acceptors (Lipinski definition) is 3. The monoisotopic (exact) mass is 220 g/mol. The van der Waals surface area contributed by atoms with Crippen molar-refractivity contribution in [3.63, 3.8) is 0 Å². The number of nitrogens with zero attached hydrogens (tertiary/aromatic N) is 2. The normalized spacial score (nSPS) is 20.2. The number of aromatic nitrogens is 1. The van der Waals surface area contributed by atoms with Crippen LogP contribution in [0.1, 0.15) is 12.0 Å². The largest absolute Gasteiger partial charge is 0.477 e. The zero-order valence-corrected chi connectivity index (χ0v) is 9.64. The van der Waals surface area contributed by atoms with Crippen LogP contribution in [0.5, 0.6) is 5.88 Å². The molecule has 1 unspecified atom stereocenters. The summed E-state index contributed by atoms with van der Waals surface area (Å²) in [6, 6.07) is 3.83. The van der Waals surface area contributed by atoms with Gasteiger partial charge in [-0.05, 0) is 18.6 Å². The van der Waals surface area contributed by atoms with Crippen molar-refractivity contribution in [2.45, 2.75) is 13.3 Å². The zero-order valence-electron chi connectivity index (χ0n) is 9.64. The van der Waals surface area contributed by atoms with Gasteiger partial charge >= 0.3 is 0 Å². The number of hydrogen-bond donors (Lipinski definition) is 0. The minimum Gasteiger partial charge on any atom is -0.477 e. The van der Waals surface area contributed by atoms with Crippen LogP contribution < -0.4 is 4.74 Å². The molecule has 0 bridgehead atoms. The van der Waals surface area contributed by atoms with E-state index in [9.17, 15) is 4.79 Å². The molecule has 0 radical (unpaired) electrons. The van der Waals surface area contributed by atoms with Crippen LogP contribution in [0.25, 0.3) is 0 Å². The molecule has 0 saturated carbocycles. The number of rotatable bonds is 3. The van der Waals surface area contributed by atoms with Gasteiger partial charge < -0.3 is 9.64 Å². The number of aryl methyl sites for hydroxylation is 1. The fraction of sp³-hybridized carbons (Fsp3) is 0.500. The summed E-state index contributed by atoms with van der Waals surface area (Å²) < 4.78 is 5.58. The van der Waals surface area contributed by atoms with Crippen molar-refractivity contribution in [2.75, 3.05) is 20.2 Å². The lowest BCUT2D eigenvalue weighted by Gasteiger charge is -2.11. The molecule has 1 atom stereocenters. The van der Waals surface area contributed by atoms with E-state index in [-0.39, 0.29) is 5.91 Å². The van der Waals surface area contributed by atoms with Gasteiger partial charge in [0.05, 0.1) is 6.61 Å². The highest BCUT2D eigenvalue weighted by molar-refractivity contribution is 5.78. The number of likely N-dealkylation sites (tertiary alicyclic amines) is 1. The fourth-order valence-corrected chi connectivity index (χ4v) is 1.86. The number of ether oxygens (including phenoxy) is 1. The number of pyridine rings is 1. The molecule has 2 heterocycles. The summed E-state index contributed by atoms with van der Waals surface area (Å²) in [5.41, 5.74) is 1.13. The van der Waals surface area contributed by atoms with Crippen LogP contribution in [0.4, 0.5) is 0 Å². The third-order valence-electron chi connectivity index (χ3n) is 2.78. The SMILES string of the molecule is Cc1ccnc(OCC2CC(=O)N(C)C2)c1. The molecule has 16 heavy (non-hydrogen) atoms. The molecular formula is C12H16N2O2. The van der Waals surface area contributed by atoms with E-state index in [1.807, 2.05) is 26.1 Å². The second kappa shape index (κ2) is 4.51. The van der Waals surface area contributed by atoms with Gasteiger partial charge in [0.15, 0.2) is 0 Å². The highest BCUT2D eigenvalue weighted by atomic mass is 16.5. The first-order valence-corrected chi connectivity index (χ1v) is 5.44. The molecule has 1 fully saturated rings. The van der Waals surface area contributed by atoms with Gasteiger partial charge in [-0.25, -0.2) is 4.98 Å². The standard InChI is InChI=1S/C12H16N2O2/c1-9-3-4-13-11(5-9)16-8-10-6-12(15)14(2)7-10/h3-5,10H,6-8H2,1-2H3. The summed E-state index contributed by atoms with van der Waals surface area (Å²) in [7, 11) is 1.83. The van der Waals surface area contributed by atoms with Crippen LogP contribution in [-0.4, -0.2) is 36.0 Å². The molecule has 0 spiro atoms. The number of carbonyl (C=O) groups is 1. The van der Waals surface area contributed by atoms with E-state index in [0.29, 0.717) is 24.8 Å². The van der Waals surface area contributed by atoms with Crippen molar-refractivity contribution in [3.8, 4) is 5.88 Å². The predicted molar refractivity (Wildman–Crippen MR) is 60.2 cm³/mol. The van der Waals surface area contributed by atoms with Gasteiger partial charge in [0, 0.05) is 38.2 Å². The third-order valence-corrected chi connectivity index (χ3v) is 2.78. The third kappa shape index (κ3) is 2.51. The molecule has 1 aliphatic rings. The highest BCUT2D eigenvalue weighted by Crippen LogP contribution is 2.17. The van der Waals surface area contributed by atoms with Crippen LogP contribution in [0, 0.1) is 12.8 Å². The van der Waals surface area contributed by atoms with E-state index < -0.39 is 0 Å². The Bertz CT molecular complexity index is 392. The summed E-state index contributed by atoms with van der Waals surface area (Å²) in [5, 5.41) is 0. The molecule has 1 aliphatic heterocycles. The lowest BCUT2D eigenvalue weighted by Crippen LogP contribution is -2.20. The molecule has 4 nitrogen and oxygen atoms in total. The van der Waals surface area contributed by atoms with E-state index >= 15 is 0 Å². The van der Waals surface area contributed by atoms with Crippen LogP contribution in [0.2, 0.25) is 0 Å². The van der Waals surface area contributed by atoms with E-state index in [1.54, 1.807) is 11.1 Å². The first-order chi connectivity index (χ1) is 7.65. The molecule has 1 aromatic rings. The Hall–Kier alpha value is -1.58. The minimum atomic E-state index is 0.200. The van der Waals surface area contributed by atoms with Crippen LogP contribution in [0.3, 0.4) is 0 Å². The van der Waals surface area contributed by atoms with E-state index in [2.05, 4.69) is 4.98 Å². The molecule has 4 heteroatoms. The zero-order chi connectivity index (χ0) is 11.5. The Morgan fingerprint density at radius 1 is 1.62 bits per heavy atom. The molecule has 0 aromatic carbocycles. The average molecular weight is 220 g/mol. The first-order valence-electron chi connectivity index (χ1n) is 5.44. The lowest BCUT2D eigenvalue weighted by molar-refractivity contribution is -0.126. The van der Waals surface area contributed by atoms with E-state index in [1.165, 1.54) is 0 Å². The molecule has 1 amide bonds. The summed E-state index contributed by atoms with van der Waals surface area (Å²) >= 11 is 0. The maximum absolute atomic E-state index is 11.3. The molecule has 1 saturated heterocycles. The maximum Gasteiger partial charge on any atom is 0.222 e. The van der Waals surface area contributed by atoms with Gasteiger partial charge in [0.1, 0.15) is 0 Å². The Kier molecular flexibility index (Phi) is 3.08. The Morgan fingerprint density at radius 3 is 3.06 bits per heavy atom. The average Bonchev–Trinajstić information content (AvgIpc) is 2.56. The first kappa shape index (κ1) is 10.9. The van der Waals surface area contributed by atoms with Gasteiger partial charge in [0.25, 0.3) is 0 Å². The van der Waals surface area contributed by atoms with Crippen molar-refractivity contribution in [1.29, 1.82) is 0 Å². The van der Waals surface area contributed by atoms with Crippen molar-refractivity contribution >= 4 is 5.91 Å². The number of carbonyl (C=O) groups excluding carboxylic acids is 1. The lowest BCUT2D eigenvalue weighted by atomic mass is 10.1. The minimum absolute atomic E-state index is 0.200. The summed E-state index contributed by atoms with van der Waals surface area (Å²) in [6.07, 6.45) is 2.32. The Morgan fingerprint density at radius 2 is 2.44 bits per heavy atom. The second-order valence-electron chi connectivity index (χ2n) is 4.33. The maximum atomic E-state index is 11.3. The summed E-state index contributed by atoms with van der Waals surface area (Å²) in [5.74, 6) is 1.13. The van der Waals surface area contributed by atoms with Crippen LogP contribution >= 0.6 is 0 Å². The van der Waals surface area contributed by atoms with E-state index in [4.69, 9.17) is 4.74 Å². The van der Waals surface area contributed by atoms with E-state index in [0.717, 1.165) is 12.1 Å². The quantitative estimate of drug-likeness (QED) is 0.769. The van der Waals surface area contributed by atoms with Gasteiger partial charge in [-0.15, -0.1) is 0 Å². The smallest absolute Gasteiger partial charge is 0.222 e. The molecule has 2 rings (SSSR count). The van der Waals surface area contributed by atoms with Crippen molar-refractivity contribution in [2.24, 2.45) is 5.92 Å². The van der Waals surface area contributed by atoms with Crippen LogP contribution in [-0.2, 0) is 4.79 Å². The highest BCUT2D eigenvalue weighted by Gasteiger charge is 2.27. The van der Waals surface area contributed by atoms with Gasteiger partial charge in [-0.3, -0.25) is 4.79 Å². The van der Waals surface area contributed by atoms with Crippen molar-refractivity contribution in [1.82, 2.24) is 9.88 Å². The molecule has 86 valence electrons. The predicted octanol–water partition coefficient (Wildman–Crippen LogP) is 1.25. The summed E-state index contributed by atoms with van der Waals surface area (Å²) in [4.78, 5) is 17.2. The Labute approximate surface area is 95.2 Å². The van der Waals surface area contributed by atoms with Crippen molar-refractivity contribution in [3.05, 3.63) is 23.9 Å². The van der Waals surface area contributed by atoms with Gasteiger partial charge in [-0.2, -0.15) is 0 Å². The van der Waals surface area contributed by atoms with Crippen LogP contribution in [0.15, 0.2) is 18.3 Å². The molecular weight excluding hydrogens is 204 g/mol. The topological polar surface area (TPSA) is 42.4 Å². The molecule has 1 aromatic heterocycles. The summed E-state index contributed by atoms with van der Waals surface area (Å²) in [6.45, 7) is 3.35. The fourth-order valence-electron chi connectivity index (χ4n) is 1.86. The number of amides is 1. The van der Waals surface area contributed by atoms with Gasteiger partial charge in [-0.1, -0.05) is 0 Å². The van der Waals surface area contributed by atoms with Crippen molar-refractivity contribution < 1.29 is 9.53 Å².